The monoisotopic (exact) mass is 330 g/mol. The molecule has 1 aromatic heterocycles. The molecule has 1 aliphatic rings. The van der Waals surface area contributed by atoms with Gasteiger partial charge in [-0.2, -0.15) is 0 Å². The van der Waals surface area contributed by atoms with Crippen molar-refractivity contribution in [3.8, 4) is 0 Å². The average Bonchev–Trinajstić information content (AvgIpc) is 2.87. The van der Waals surface area contributed by atoms with Gasteiger partial charge < -0.3 is 5.32 Å². The van der Waals surface area contributed by atoms with E-state index in [1.165, 1.54) is 10.4 Å². The molecule has 6 heteroatoms. The third kappa shape index (κ3) is 5.36. The zero-order valence-corrected chi connectivity index (χ0v) is 14.5. The number of unbranched alkanes of at least 4 members (excludes halogenated alkanes) is 1. The summed E-state index contributed by atoms with van der Waals surface area (Å²) >= 11 is 1.74. The molecule has 2 N–H and O–H groups in total. The molecule has 1 heterocycles. The molecule has 0 spiro atoms. The van der Waals surface area contributed by atoms with Crippen molar-refractivity contribution in [2.45, 2.75) is 58.0 Å². The smallest absolute Gasteiger partial charge is 0.212 e. The zero-order valence-electron chi connectivity index (χ0n) is 12.9. The fourth-order valence-electron chi connectivity index (χ4n) is 2.69. The number of rotatable bonds is 8. The first kappa shape index (κ1) is 16.9. The van der Waals surface area contributed by atoms with Crippen LogP contribution >= 0.6 is 11.3 Å². The first-order valence-corrected chi connectivity index (χ1v) is 10.3. The van der Waals surface area contributed by atoms with Gasteiger partial charge in [-0.05, 0) is 55.7 Å². The maximum Gasteiger partial charge on any atom is 0.212 e. The lowest BCUT2D eigenvalue weighted by atomic mass is 9.95. The quantitative estimate of drug-likeness (QED) is 0.721. The van der Waals surface area contributed by atoms with E-state index in [9.17, 15) is 8.42 Å². The zero-order chi connectivity index (χ0) is 15.3. The molecule has 0 fully saturated rings. The molecule has 0 saturated heterocycles. The largest absolute Gasteiger partial charge is 0.315 e. The number of hydrogen-bond donors (Lipinski definition) is 2. The molecule has 1 aliphatic carbocycles. The predicted octanol–water partition coefficient (Wildman–Crippen LogP) is 2.82. The van der Waals surface area contributed by atoms with Crippen molar-refractivity contribution < 1.29 is 8.42 Å². The molecule has 1 unspecified atom stereocenters. The minimum Gasteiger partial charge on any atom is -0.315 e. The summed E-state index contributed by atoms with van der Waals surface area (Å²) in [5.74, 6) is 0.225. The predicted molar refractivity (Wildman–Crippen MR) is 89.3 cm³/mol. The fraction of sp³-hybridized carbons (Fsp3) is 0.733. The molecular formula is C15H26N2O2S2. The summed E-state index contributed by atoms with van der Waals surface area (Å²) < 4.78 is 27.3. The van der Waals surface area contributed by atoms with Gasteiger partial charge in [-0.25, -0.2) is 13.1 Å². The molecule has 0 amide bonds. The highest BCUT2D eigenvalue weighted by Crippen LogP contribution is 2.33. The second-order valence-corrected chi connectivity index (χ2v) is 8.87. The third-order valence-electron chi connectivity index (χ3n) is 3.77. The highest BCUT2D eigenvalue weighted by Gasteiger charge is 2.25. The minimum absolute atomic E-state index is 0.0150. The van der Waals surface area contributed by atoms with Crippen LogP contribution in [0.1, 0.15) is 56.0 Å². The molecule has 0 bridgehead atoms. The van der Waals surface area contributed by atoms with Gasteiger partial charge >= 0.3 is 0 Å². The van der Waals surface area contributed by atoms with E-state index in [1.54, 1.807) is 11.3 Å². The van der Waals surface area contributed by atoms with Gasteiger partial charge in [-0.15, -0.1) is 11.3 Å². The van der Waals surface area contributed by atoms with Crippen molar-refractivity contribution in [3.05, 3.63) is 21.9 Å². The van der Waals surface area contributed by atoms with Gasteiger partial charge in [-0.3, -0.25) is 0 Å². The van der Waals surface area contributed by atoms with Gasteiger partial charge in [0.1, 0.15) is 0 Å². The molecule has 1 atom stereocenters. The fourth-order valence-corrected chi connectivity index (χ4v) is 5.06. The molecular weight excluding hydrogens is 304 g/mol. The van der Waals surface area contributed by atoms with Crippen LogP contribution in [0.2, 0.25) is 0 Å². The summed E-state index contributed by atoms with van der Waals surface area (Å²) in [6, 6.07) is 2.51. The Morgan fingerprint density at radius 3 is 2.95 bits per heavy atom. The summed E-state index contributed by atoms with van der Waals surface area (Å²) in [7, 11) is -3.18. The Bertz CT molecular complexity index is 538. The first-order valence-electron chi connectivity index (χ1n) is 7.77. The van der Waals surface area contributed by atoms with Gasteiger partial charge in [0, 0.05) is 17.0 Å². The SMILES string of the molecule is CC(C)NCCCCS(=O)(=O)NC1CCCc2sccc21. The van der Waals surface area contributed by atoms with Crippen LogP contribution < -0.4 is 10.0 Å². The lowest BCUT2D eigenvalue weighted by Gasteiger charge is -2.23. The number of aryl methyl sites for hydroxylation is 1. The standard InChI is InChI=1S/C15H26N2O2S2/c1-12(2)16-9-3-4-11-21(18,19)17-14-6-5-7-15-13(14)8-10-20-15/h8,10,12,14,16-17H,3-7,9,11H2,1-2H3. The molecule has 120 valence electrons. The number of fused-ring (bicyclic) bond motifs is 1. The van der Waals surface area contributed by atoms with Gasteiger partial charge in [0.25, 0.3) is 0 Å². The molecule has 0 radical (unpaired) electrons. The van der Waals surface area contributed by atoms with E-state index >= 15 is 0 Å². The van der Waals surface area contributed by atoms with E-state index in [4.69, 9.17) is 0 Å². The van der Waals surface area contributed by atoms with Gasteiger partial charge in [-0.1, -0.05) is 13.8 Å². The Kier molecular flexibility index (Phi) is 6.22. The van der Waals surface area contributed by atoms with Crippen molar-refractivity contribution in [3.63, 3.8) is 0 Å². The topological polar surface area (TPSA) is 58.2 Å². The van der Waals surface area contributed by atoms with Crippen molar-refractivity contribution in [1.29, 1.82) is 0 Å². The van der Waals surface area contributed by atoms with E-state index in [0.29, 0.717) is 12.5 Å². The lowest BCUT2D eigenvalue weighted by molar-refractivity contribution is 0.508. The van der Waals surface area contributed by atoms with Crippen molar-refractivity contribution >= 4 is 21.4 Å². The second kappa shape index (κ2) is 7.72. The van der Waals surface area contributed by atoms with Crippen LogP contribution in [0.4, 0.5) is 0 Å². The summed E-state index contributed by atoms with van der Waals surface area (Å²) in [6.45, 7) is 5.07. The van der Waals surface area contributed by atoms with Crippen LogP contribution in [0, 0.1) is 0 Å². The molecule has 0 aliphatic heterocycles. The minimum atomic E-state index is -3.18. The first-order chi connectivity index (χ1) is 9.98. The van der Waals surface area contributed by atoms with Gasteiger partial charge in [0.2, 0.25) is 10.0 Å². The summed E-state index contributed by atoms with van der Waals surface area (Å²) in [5.41, 5.74) is 1.19. The van der Waals surface area contributed by atoms with Crippen LogP contribution in [0.3, 0.4) is 0 Å². The van der Waals surface area contributed by atoms with Gasteiger partial charge in [0.05, 0.1) is 5.75 Å². The van der Waals surface area contributed by atoms with Crippen LogP contribution in [0.25, 0.3) is 0 Å². The Labute approximate surface area is 132 Å². The average molecular weight is 331 g/mol. The highest BCUT2D eigenvalue weighted by molar-refractivity contribution is 7.89. The highest BCUT2D eigenvalue weighted by atomic mass is 32.2. The molecule has 0 aromatic carbocycles. The van der Waals surface area contributed by atoms with Crippen LogP contribution in [0.15, 0.2) is 11.4 Å². The number of sulfonamides is 1. The number of thiophene rings is 1. The van der Waals surface area contributed by atoms with E-state index in [1.807, 2.05) is 0 Å². The molecule has 21 heavy (non-hydrogen) atoms. The second-order valence-electron chi connectivity index (χ2n) is 6.00. The maximum atomic E-state index is 12.2. The van der Waals surface area contributed by atoms with Gasteiger partial charge in [0.15, 0.2) is 0 Å². The van der Waals surface area contributed by atoms with Crippen LogP contribution in [0.5, 0.6) is 0 Å². The van der Waals surface area contributed by atoms with Crippen molar-refractivity contribution in [2.24, 2.45) is 0 Å². The van der Waals surface area contributed by atoms with E-state index in [2.05, 4.69) is 35.3 Å². The molecule has 0 saturated carbocycles. The summed E-state index contributed by atoms with van der Waals surface area (Å²) in [5, 5.41) is 5.37. The van der Waals surface area contributed by atoms with Crippen LogP contribution in [-0.2, 0) is 16.4 Å². The maximum absolute atomic E-state index is 12.2. The number of hydrogen-bond acceptors (Lipinski definition) is 4. The third-order valence-corrected chi connectivity index (χ3v) is 6.23. The summed E-state index contributed by atoms with van der Waals surface area (Å²) in [6.07, 6.45) is 4.68. The van der Waals surface area contributed by atoms with E-state index in [0.717, 1.165) is 32.2 Å². The van der Waals surface area contributed by atoms with E-state index in [-0.39, 0.29) is 11.8 Å². The Balaban J connectivity index is 1.80. The molecule has 2 rings (SSSR count). The molecule has 1 aromatic rings. The Hall–Kier alpha value is -0.430. The van der Waals surface area contributed by atoms with Crippen molar-refractivity contribution in [1.82, 2.24) is 10.0 Å². The molecule has 4 nitrogen and oxygen atoms in total. The van der Waals surface area contributed by atoms with Crippen molar-refractivity contribution in [2.75, 3.05) is 12.3 Å². The van der Waals surface area contributed by atoms with Crippen LogP contribution in [-0.4, -0.2) is 26.8 Å². The summed E-state index contributed by atoms with van der Waals surface area (Å²) in [4.78, 5) is 1.34. The Morgan fingerprint density at radius 1 is 1.38 bits per heavy atom. The normalized spacial score (nSPS) is 18.9. The Morgan fingerprint density at radius 2 is 2.19 bits per heavy atom. The number of nitrogens with one attached hydrogen (secondary N) is 2. The lowest BCUT2D eigenvalue weighted by Crippen LogP contribution is -2.32. The van der Waals surface area contributed by atoms with E-state index < -0.39 is 10.0 Å².